The van der Waals surface area contributed by atoms with E-state index in [9.17, 15) is 18.7 Å². The number of nitrogens with one attached hydrogen (secondary N) is 1. The Morgan fingerprint density at radius 1 is 1.29 bits per heavy atom. The molecule has 0 aromatic carbocycles. The Morgan fingerprint density at radius 3 is 2.62 bits per heavy atom. The van der Waals surface area contributed by atoms with Crippen LogP contribution in [0.5, 0.6) is 0 Å². The summed E-state index contributed by atoms with van der Waals surface area (Å²) < 4.78 is 28.1. The number of hydrogen-bond acceptors (Lipinski definition) is 4. The summed E-state index contributed by atoms with van der Waals surface area (Å²) >= 11 is 0. The van der Waals surface area contributed by atoms with Crippen molar-refractivity contribution in [3.8, 4) is 0 Å². The minimum absolute atomic E-state index is 0.00609. The summed E-state index contributed by atoms with van der Waals surface area (Å²) in [5.74, 6) is -4.36. The molecular formula is C17H23F2N3O2. The number of nitrogens with zero attached hydrogens (tertiary/aromatic N) is 2. The first-order chi connectivity index (χ1) is 11.4. The number of piperidine rings is 1. The number of carbonyl (C=O) groups excluding carboxylic acids is 1. The first kappa shape index (κ1) is 17.1. The average Bonchev–Trinajstić information content (AvgIpc) is 2.58. The summed E-state index contributed by atoms with van der Waals surface area (Å²) in [5.41, 5.74) is -1.47. The third-order valence-electron chi connectivity index (χ3n) is 4.99. The van der Waals surface area contributed by atoms with Crippen molar-refractivity contribution in [2.75, 3.05) is 18.0 Å². The van der Waals surface area contributed by atoms with Crippen LogP contribution < -0.4 is 10.2 Å². The number of anilines is 1. The number of rotatable bonds is 5. The van der Waals surface area contributed by atoms with Crippen molar-refractivity contribution in [1.29, 1.82) is 0 Å². The van der Waals surface area contributed by atoms with Crippen molar-refractivity contribution in [2.24, 2.45) is 0 Å². The number of hydrogen-bond donors (Lipinski definition) is 2. The zero-order valence-corrected chi connectivity index (χ0v) is 13.6. The molecule has 1 amide bonds. The molecule has 2 aliphatic rings. The quantitative estimate of drug-likeness (QED) is 0.863. The molecule has 1 aliphatic heterocycles. The van der Waals surface area contributed by atoms with Crippen LogP contribution in [0.25, 0.3) is 0 Å². The number of alkyl halides is 2. The Morgan fingerprint density at radius 2 is 2.00 bits per heavy atom. The van der Waals surface area contributed by atoms with E-state index < -0.39 is 17.4 Å². The summed E-state index contributed by atoms with van der Waals surface area (Å²) in [4.78, 5) is 18.3. The fourth-order valence-electron chi connectivity index (χ4n) is 3.20. The molecular weight excluding hydrogens is 316 g/mol. The monoisotopic (exact) mass is 339 g/mol. The zero-order valence-electron chi connectivity index (χ0n) is 13.6. The van der Waals surface area contributed by atoms with Gasteiger partial charge in [-0.2, -0.15) is 8.78 Å². The van der Waals surface area contributed by atoms with Gasteiger partial charge in [0.2, 0.25) is 0 Å². The normalized spacial score (nSPS) is 20.4. The second kappa shape index (κ2) is 6.63. The highest BCUT2D eigenvalue weighted by atomic mass is 19.3. The van der Waals surface area contributed by atoms with Gasteiger partial charge in [0.05, 0.1) is 0 Å². The van der Waals surface area contributed by atoms with E-state index in [2.05, 4.69) is 15.2 Å². The number of aliphatic hydroxyl groups is 1. The summed E-state index contributed by atoms with van der Waals surface area (Å²) in [6.07, 6.45) is 5.51. The van der Waals surface area contributed by atoms with Crippen LogP contribution in [0.4, 0.5) is 14.6 Å². The largest absolute Gasteiger partial charge is 0.383 e. The van der Waals surface area contributed by atoms with E-state index >= 15 is 0 Å². The third kappa shape index (κ3) is 3.22. The van der Waals surface area contributed by atoms with Gasteiger partial charge in [0.25, 0.3) is 5.91 Å². The molecule has 2 N–H and O–H groups in total. The molecule has 1 saturated carbocycles. The van der Waals surface area contributed by atoms with Gasteiger partial charge in [-0.3, -0.25) is 4.79 Å². The first-order valence-electron chi connectivity index (χ1n) is 8.51. The van der Waals surface area contributed by atoms with Gasteiger partial charge in [-0.05, 0) is 56.2 Å². The molecule has 2 heterocycles. The first-order valence-corrected chi connectivity index (χ1v) is 8.51. The molecule has 5 nitrogen and oxygen atoms in total. The molecule has 0 spiro atoms. The molecule has 2 fully saturated rings. The lowest BCUT2D eigenvalue weighted by molar-refractivity contribution is -0.216. The SMILES string of the molecule is O=C(NCc1ccnc(N2CCCCC2)c1)C(F)(F)C1(O)CCC1. The van der Waals surface area contributed by atoms with Gasteiger partial charge < -0.3 is 15.3 Å². The molecule has 1 aromatic heterocycles. The van der Waals surface area contributed by atoms with Crippen molar-refractivity contribution in [3.05, 3.63) is 23.9 Å². The molecule has 1 aromatic rings. The van der Waals surface area contributed by atoms with Crippen LogP contribution in [0.2, 0.25) is 0 Å². The Labute approximate surface area is 140 Å². The maximum atomic E-state index is 14.0. The standard InChI is InChI=1S/C17H23F2N3O2/c18-17(19,16(24)6-4-7-16)15(23)21-12-13-5-8-20-14(11-13)22-9-2-1-3-10-22/h5,8,11,24H,1-4,6-7,9-10,12H2,(H,21,23). The molecule has 0 radical (unpaired) electrons. The minimum Gasteiger partial charge on any atom is -0.383 e. The molecule has 0 unspecified atom stereocenters. The Hall–Kier alpha value is -1.76. The van der Waals surface area contributed by atoms with E-state index in [4.69, 9.17) is 0 Å². The van der Waals surface area contributed by atoms with E-state index in [0.29, 0.717) is 6.42 Å². The van der Waals surface area contributed by atoms with Gasteiger partial charge in [-0.1, -0.05) is 0 Å². The predicted octanol–water partition coefficient (Wildman–Crippen LogP) is 2.24. The number of amides is 1. The van der Waals surface area contributed by atoms with E-state index in [1.54, 1.807) is 12.3 Å². The highest BCUT2D eigenvalue weighted by molar-refractivity contribution is 5.85. The van der Waals surface area contributed by atoms with Crippen LogP contribution in [-0.4, -0.2) is 40.6 Å². The van der Waals surface area contributed by atoms with Crippen LogP contribution in [0, 0.1) is 0 Å². The smallest absolute Gasteiger partial charge is 0.352 e. The second-order valence-corrected chi connectivity index (χ2v) is 6.71. The van der Waals surface area contributed by atoms with Crippen LogP contribution in [0.3, 0.4) is 0 Å². The van der Waals surface area contributed by atoms with Gasteiger partial charge in [0.15, 0.2) is 0 Å². The lowest BCUT2D eigenvalue weighted by atomic mass is 9.75. The maximum Gasteiger partial charge on any atom is 0.352 e. The average molecular weight is 339 g/mol. The lowest BCUT2D eigenvalue weighted by Crippen LogP contribution is -2.60. The van der Waals surface area contributed by atoms with Crippen molar-refractivity contribution in [2.45, 2.75) is 56.6 Å². The maximum absolute atomic E-state index is 14.0. The number of aromatic nitrogens is 1. The van der Waals surface area contributed by atoms with Gasteiger partial charge >= 0.3 is 5.92 Å². The van der Waals surface area contributed by atoms with Gasteiger partial charge in [0, 0.05) is 25.8 Å². The summed E-state index contributed by atoms with van der Waals surface area (Å²) in [6, 6.07) is 3.52. The summed E-state index contributed by atoms with van der Waals surface area (Å²) in [6.45, 7) is 1.87. The van der Waals surface area contributed by atoms with Crippen LogP contribution in [-0.2, 0) is 11.3 Å². The molecule has 7 heteroatoms. The summed E-state index contributed by atoms with van der Waals surface area (Å²) in [7, 11) is 0. The Kier molecular flexibility index (Phi) is 4.71. The van der Waals surface area contributed by atoms with Crippen molar-refractivity contribution >= 4 is 11.7 Å². The number of halogens is 2. The number of carbonyl (C=O) groups is 1. The van der Waals surface area contributed by atoms with Crippen molar-refractivity contribution in [3.63, 3.8) is 0 Å². The molecule has 0 bridgehead atoms. The topological polar surface area (TPSA) is 65.5 Å². The van der Waals surface area contributed by atoms with Crippen LogP contribution >= 0.6 is 0 Å². The number of pyridine rings is 1. The molecule has 3 rings (SSSR count). The minimum atomic E-state index is -3.76. The fraction of sp³-hybridized carbons (Fsp3) is 0.647. The molecule has 132 valence electrons. The molecule has 24 heavy (non-hydrogen) atoms. The van der Waals surface area contributed by atoms with Gasteiger partial charge in [0.1, 0.15) is 11.4 Å². The summed E-state index contributed by atoms with van der Waals surface area (Å²) in [5, 5.41) is 12.0. The van der Waals surface area contributed by atoms with Crippen molar-refractivity contribution in [1.82, 2.24) is 10.3 Å². The van der Waals surface area contributed by atoms with E-state index in [1.165, 1.54) is 6.42 Å². The van der Waals surface area contributed by atoms with Crippen LogP contribution in [0.1, 0.15) is 44.1 Å². The molecule has 0 atom stereocenters. The highest BCUT2D eigenvalue weighted by Crippen LogP contribution is 2.44. The molecule has 1 saturated heterocycles. The van der Waals surface area contributed by atoms with E-state index in [1.807, 2.05) is 6.07 Å². The lowest BCUT2D eigenvalue weighted by Gasteiger charge is -2.41. The Balaban J connectivity index is 1.61. The van der Waals surface area contributed by atoms with E-state index in [0.717, 1.165) is 37.3 Å². The fourth-order valence-corrected chi connectivity index (χ4v) is 3.20. The second-order valence-electron chi connectivity index (χ2n) is 6.71. The third-order valence-corrected chi connectivity index (χ3v) is 4.99. The van der Waals surface area contributed by atoms with Gasteiger partial charge in [-0.15, -0.1) is 0 Å². The van der Waals surface area contributed by atoms with E-state index in [-0.39, 0.29) is 19.4 Å². The Bertz CT molecular complexity index is 599. The molecule has 1 aliphatic carbocycles. The van der Waals surface area contributed by atoms with Crippen molar-refractivity contribution < 1.29 is 18.7 Å². The predicted molar refractivity (Wildman–Crippen MR) is 85.9 cm³/mol. The highest BCUT2D eigenvalue weighted by Gasteiger charge is 2.61. The van der Waals surface area contributed by atoms with Crippen LogP contribution in [0.15, 0.2) is 18.3 Å². The van der Waals surface area contributed by atoms with Gasteiger partial charge in [-0.25, -0.2) is 4.98 Å². The zero-order chi connectivity index (χ0) is 17.2.